The van der Waals surface area contributed by atoms with Crippen LogP contribution < -0.4 is 19.5 Å². The summed E-state index contributed by atoms with van der Waals surface area (Å²) in [5.41, 5.74) is 2.79. The minimum atomic E-state index is -0.201. The van der Waals surface area contributed by atoms with E-state index in [1.807, 2.05) is 36.4 Å². The van der Waals surface area contributed by atoms with E-state index in [1.165, 1.54) is 5.56 Å². The lowest BCUT2D eigenvalue weighted by molar-refractivity contribution is 0.0536. The topological polar surface area (TPSA) is 63.5 Å². The molecule has 0 aromatic heterocycles. The van der Waals surface area contributed by atoms with Gasteiger partial charge in [-0.25, -0.2) is 0 Å². The molecule has 0 bridgehead atoms. The first kappa shape index (κ1) is 17.7. The summed E-state index contributed by atoms with van der Waals surface area (Å²) in [7, 11) is 0. The van der Waals surface area contributed by atoms with Gasteiger partial charge in [-0.05, 0) is 42.0 Å². The Morgan fingerprint density at radius 3 is 2.61 bits per heavy atom. The predicted molar refractivity (Wildman–Crippen MR) is 107 cm³/mol. The second-order valence-electron chi connectivity index (χ2n) is 6.50. The van der Waals surface area contributed by atoms with Gasteiger partial charge in [-0.3, -0.25) is 0 Å². The number of nitrogens with one attached hydrogen (secondary N) is 1. The van der Waals surface area contributed by atoms with E-state index in [1.54, 1.807) is 24.3 Å². The summed E-state index contributed by atoms with van der Waals surface area (Å²) in [5, 5.41) is 12.2. The standard InChI is InChI=1S/C23H20N2O3/c24-13-17-6-9-20(10-7-17)26-15-21-16-27-22-11-8-19(12-23(22)28-21)25-14-18-4-2-1-3-5-18/h1-12,21,25H,14-16H2/t21-/m0/s1. The summed E-state index contributed by atoms with van der Waals surface area (Å²) < 4.78 is 17.6. The molecule has 0 spiro atoms. The molecule has 3 aromatic carbocycles. The monoisotopic (exact) mass is 372 g/mol. The quantitative estimate of drug-likeness (QED) is 0.695. The van der Waals surface area contributed by atoms with Gasteiger partial charge in [-0.1, -0.05) is 30.3 Å². The molecule has 0 radical (unpaired) electrons. The molecule has 5 heteroatoms. The molecule has 1 heterocycles. The summed E-state index contributed by atoms with van der Waals surface area (Å²) in [6, 6.07) is 25.2. The number of nitriles is 1. The van der Waals surface area contributed by atoms with Gasteiger partial charge in [-0.2, -0.15) is 5.26 Å². The van der Waals surface area contributed by atoms with Gasteiger partial charge in [0.2, 0.25) is 0 Å². The Morgan fingerprint density at radius 2 is 1.82 bits per heavy atom. The van der Waals surface area contributed by atoms with E-state index in [9.17, 15) is 0 Å². The van der Waals surface area contributed by atoms with Crippen LogP contribution in [0.2, 0.25) is 0 Å². The van der Waals surface area contributed by atoms with E-state index >= 15 is 0 Å². The van der Waals surface area contributed by atoms with E-state index in [0.29, 0.717) is 30.3 Å². The van der Waals surface area contributed by atoms with Crippen molar-refractivity contribution in [2.45, 2.75) is 12.6 Å². The Balaban J connectivity index is 1.35. The maximum atomic E-state index is 8.85. The van der Waals surface area contributed by atoms with Crippen molar-refractivity contribution in [2.75, 3.05) is 18.5 Å². The van der Waals surface area contributed by atoms with Crippen LogP contribution in [0.1, 0.15) is 11.1 Å². The van der Waals surface area contributed by atoms with Crippen molar-refractivity contribution in [1.82, 2.24) is 0 Å². The lowest BCUT2D eigenvalue weighted by Gasteiger charge is -2.27. The number of hydrogen-bond donors (Lipinski definition) is 1. The zero-order chi connectivity index (χ0) is 19.2. The van der Waals surface area contributed by atoms with Crippen molar-refractivity contribution >= 4 is 5.69 Å². The number of nitrogens with zero attached hydrogens (tertiary/aromatic N) is 1. The van der Waals surface area contributed by atoms with Crippen LogP contribution >= 0.6 is 0 Å². The first-order chi connectivity index (χ1) is 13.8. The third-order valence-corrected chi connectivity index (χ3v) is 4.42. The Kier molecular flexibility index (Phi) is 5.30. The summed E-state index contributed by atoms with van der Waals surface area (Å²) in [5.74, 6) is 2.14. The van der Waals surface area contributed by atoms with Crippen LogP contribution in [0.15, 0.2) is 72.8 Å². The van der Waals surface area contributed by atoms with E-state index in [0.717, 1.165) is 18.0 Å². The third kappa shape index (κ3) is 4.36. The smallest absolute Gasteiger partial charge is 0.166 e. The van der Waals surface area contributed by atoms with Crippen LogP contribution in [-0.4, -0.2) is 19.3 Å². The highest BCUT2D eigenvalue weighted by Crippen LogP contribution is 2.34. The molecule has 0 fully saturated rings. The number of fused-ring (bicyclic) bond motifs is 1. The number of rotatable bonds is 6. The number of hydrogen-bond acceptors (Lipinski definition) is 5. The van der Waals surface area contributed by atoms with Crippen LogP contribution in [0.4, 0.5) is 5.69 Å². The van der Waals surface area contributed by atoms with Crippen molar-refractivity contribution in [1.29, 1.82) is 5.26 Å². The minimum Gasteiger partial charge on any atom is -0.490 e. The normalized spacial score (nSPS) is 14.8. The third-order valence-electron chi connectivity index (χ3n) is 4.42. The molecule has 3 aromatic rings. The summed E-state index contributed by atoms with van der Waals surface area (Å²) >= 11 is 0. The second kappa shape index (κ2) is 8.36. The summed E-state index contributed by atoms with van der Waals surface area (Å²) in [6.07, 6.45) is -0.201. The first-order valence-corrected chi connectivity index (χ1v) is 9.14. The highest BCUT2D eigenvalue weighted by atomic mass is 16.6. The molecule has 140 valence electrons. The zero-order valence-corrected chi connectivity index (χ0v) is 15.3. The molecule has 0 saturated carbocycles. The molecule has 0 aliphatic carbocycles. The van der Waals surface area contributed by atoms with Gasteiger partial charge in [0.15, 0.2) is 17.6 Å². The SMILES string of the molecule is N#Cc1ccc(OC[C@H]2COc3ccc(NCc4ccccc4)cc3O2)cc1. The molecular formula is C23H20N2O3. The molecule has 28 heavy (non-hydrogen) atoms. The lowest BCUT2D eigenvalue weighted by Crippen LogP contribution is -2.34. The Labute approximate surface area is 164 Å². The fraction of sp³-hybridized carbons (Fsp3) is 0.174. The molecule has 0 saturated heterocycles. The number of anilines is 1. The highest BCUT2D eigenvalue weighted by Gasteiger charge is 2.22. The molecule has 1 aliphatic rings. The predicted octanol–water partition coefficient (Wildman–Crippen LogP) is 4.39. The van der Waals surface area contributed by atoms with Crippen molar-refractivity contribution in [2.24, 2.45) is 0 Å². The van der Waals surface area contributed by atoms with E-state index in [-0.39, 0.29) is 6.10 Å². The van der Waals surface area contributed by atoms with Gasteiger partial charge >= 0.3 is 0 Å². The highest BCUT2D eigenvalue weighted by molar-refractivity contribution is 5.55. The summed E-state index contributed by atoms with van der Waals surface area (Å²) in [4.78, 5) is 0. The van der Waals surface area contributed by atoms with Gasteiger partial charge in [-0.15, -0.1) is 0 Å². The van der Waals surface area contributed by atoms with E-state index in [2.05, 4.69) is 23.5 Å². The van der Waals surface area contributed by atoms with Crippen LogP contribution in [0.25, 0.3) is 0 Å². The zero-order valence-electron chi connectivity index (χ0n) is 15.3. The Hall–Kier alpha value is -3.65. The van der Waals surface area contributed by atoms with Crippen LogP contribution in [0.5, 0.6) is 17.2 Å². The van der Waals surface area contributed by atoms with Gasteiger partial charge in [0.1, 0.15) is 19.0 Å². The van der Waals surface area contributed by atoms with Gasteiger partial charge in [0.05, 0.1) is 11.6 Å². The molecule has 1 atom stereocenters. The molecule has 1 N–H and O–H groups in total. The van der Waals surface area contributed by atoms with E-state index in [4.69, 9.17) is 19.5 Å². The fourth-order valence-corrected chi connectivity index (χ4v) is 2.92. The van der Waals surface area contributed by atoms with Gasteiger partial charge < -0.3 is 19.5 Å². The molecule has 5 nitrogen and oxygen atoms in total. The number of ether oxygens (including phenoxy) is 3. The summed E-state index contributed by atoms with van der Waals surface area (Å²) in [6.45, 7) is 1.54. The second-order valence-corrected chi connectivity index (χ2v) is 6.50. The van der Waals surface area contributed by atoms with Gasteiger partial charge in [0, 0.05) is 18.3 Å². The Bertz CT molecular complexity index is 965. The maximum Gasteiger partial charge on any atom is 0.166 e. The first-order valence-electron chi connectivity index (χ1n) is 9.14. The average Bonchev–Trinajstić information content (AvgIpc) is 2.77. The van der Waals surface area contributed by atoms with Crippen LogP contribution in [0.3, 0.4) is 0 Å². The molecular weight excluding hydrogens is 352 g/mol. The fourth-order valence-electron chi connectivity index (χ4n) is 2.92. The van der Waals surface area contributed by atoms with Crippen LogP contribution in [0, 0.1) is 11.3 Å². The largest absolute Gasteiger partial charge is 0.490 e. The van der Waals surface area contributed by atoms with Crippen molar-refractivity contribution in [3.05, 3.63) is 83.9 Å². The molecule has 1 aliphatic heterocycles. The number of benzene rings is 3. The van der Waals surface area contributed by atoms with Crippen molar-refractivity contribution < 1.29 is 14.2 Å². The molecule has 4 rings (SSSR count). The maximum absolute atomic E-state index is 8.85. The van der Waals surface area contributed by atoms with E-state index < -0.39 is 0 Å². The van der Waals surface area contributed by atoms with Gasteiger partial charge in [0.25, 0.3) is 0 Å². The molecule has 0 unspecified atom stereocenters. The minimum absolute atomic E-state index is 0.201. The lowest BCUT2D eigenvalue weighted by atomic mass is 10.2. The van der Waals surface area contributed by atoms with Crippen molar-refractivity contribution in [3.8, 4) is 23.3 Å². The Morgan fingerprint density at radius 1 is 1.00 bits per heavy atom. The van der Waals surface area contributed by atoms with Crippen LogP contribution in [-0.2, 0) is 6.54 Å². The average molecular weight is 372 g/mol. The van der Waals surface area contributed by atoms with Crippen molar-refractivity contribution in [3.63, 3.8) is 0 Å². The molecule has 0 amide bonds.